The zero-order chi connectivity index (χ0) is 9.14. The SMILES string of the molecule is Cc1ccc(CNN)c(C)c1C. The standard InChI is InChI=1S/C10H16N2/c1-7-4-5-10(6-12-11)9(3)8(7)2/h4-5,12H,6,11H2,1-3H3. The average molecular weight is 164 g/mol. The van der Waals surface area contributed by atoms with Crippen LogP contribution in [-0.4, -0.2) is 0 Å². The minimum Gasteiger partial charge on any atom is -0.271 e. The van der Waals surface area contributed by atoms with Crippen LogP contribution in [0.25, 0.3) is 0 Å². The van der Waals surface area contributed by atoms with Crippen LogP contribution in [0.3, 0.4) is 0 Å². The molecule has 0 saturated heterocycles. The van der Waals surface area contributed by atoms with E-state index in [0.717, 1.165) is 6.54 Å². The van der Waals surface area contributed by atoms with Gasteiger partial charge in [-0.05, 0) is 43.0 Å². The second kappa shape index (κ2) is 3.70. The van der Waals surface area contributed by atoms with Crippen molar-refractivity contribution in [1.29, 1.82) is 0 Å². The van der Waals surface area contributed by atoms with Crippen molar-refractivity contribution in [3.63, 3.8) is 0 Å². The maximum absolute atomic E-state index is 5.27. The first-order valence-corrected chi connectivity index (χ1v) is 4.16. The van der Waals surface area contributed by atoms with Crippen molar-refractivity contribution in [2.75, 3.05) is 0 Å². The summed E-state index contributed by atoms with van der Waals surface area (Å²) in [6, 6.07) is 4.26. The van der Waals surface area contributed by atoms with E-state index in [2.05, 4.69) is 38.3 Å². The molecule has 0 amide bonds. The number of aryl methyl sites for hydroxylation is 1. The third-order valence-corrected chi connectivity index (χ3v) is 2.46. The highest BCUT2D eigenvalue weighted by atomic mass is 15.2. The first-order valence-electron chi connectivity index (χ1n) is 4.16. The van der Waals surface area contributed by atoms with Crippen molar-refractivity contribution in [3.05, 3.63) is 34.4 Å². The van der Waals surface area contributed by atoms with E-state index < -0.39 is 0 Å². The fourth-order valence-electron chi connectivity index (χ4n) is 1.31. The molecule has 0 unspecified atom stereocenters. The van der Waals surface area contributed by atoms with Crippen LogP contribution in [0.2, 0.25) is 0 Å². The van der Waals surface area contributed by atoms with Crippen LogP contribution in [0.15, 0.2) is 12.1 Å². The van der Waals surface area contributed by atoms with E-state index in [1.54, 1.807) is 0 Å². The van der Waals surface area contributed by atoms with Crippen LogP contribution in [0.5, 0.6) is 0 Å². The number of benzene rings is 1. The van der Waals surface area contributed by atoms with E-state index in [0.29, 0.717) is 0 Å². The molecule has 0 bridgehead atoms. The molecule has 0 fully saturated rings. The number of hydrogen-bond donors (Lipinski definition) is 2. The van der Waals surface area contributed by atoms with Crippen molar-refractivity contribution >= 4 is 0 Å². The highest BCUT2D eigenvalue weighted by Crippen LogP contribution is 2.16. The molecule has 2 heteroatoms. The zero-order valence-corrected chi connectivity index (χ0v) is 7.94. The molecule has 0 aliphatic rings. The number of nitrogens with one attached hydrogen (secondary N) is 1. The Labute approximate surface area is 73.8 Å². The largest absolute Gasteiger partial charge is 0.271 e. The van der Waals surface area contributed by atoms with E-state index in [1.165, 1.54) is 22.3 Å². The number of hydrazine groups is 1. The Morgan fingerprint density at radius 3 is 2.42 bits per heavy atom. The van der Waals surface area contributed by atoms with Gasteiger partial charge in [-0.15, -0.1) is 0 Å². The van der Waals surface area contributed by atoms with Crippen molar-refractivity contribution in [3.8, 4) is 0 Å². The summed E-state index contributed by atoms with van der Waals surface area (Å²) in [6.07, 6.45) is 0. The van der Waals surface area contributed by atoms with Gasteiger partial charge in [0.1, 0.15) is 0 Å². The lowest BCUT2D eigenvalue weighted by atomic mass is 9.99. The predicted molar refractivity (Wildman–Crippen MR) is 51.7 cm³/mol. The van der Waals surface area contributed by atoms with Crippen molar-refractivity contribution in [2.45, 2.75) is 27.3 Å². The van der Waals surface area contributed by atoms with Gasteiger partial charge in [0.2, 0.25) is 0 Å². The van der Waals surface area contributed by atoms with Gasteiger partial charge in [-0.2, -0.15) is 0 Å². The van der Waals surface area contributed by atoms with Gasteiger partial charge in [-0.25, -0.2) is 0 Å². The molecule has 66 valence electrons. The number of rotatable bonds is 2. The quantitative estimate of drug-likeness (QED) is 0.514. The molecule has 12 heavy (non-hydrogen) atoms. The third-order valence-electron chi connectivity index (χ3n) is 2.46. The van der Waals surface area contributed by atoms with Crippen molar-refractivity contribution in [1.82, 2.24) is 5.43 Å². The number of nitrogens with two attached hydrogens (primary N) is 1. The Morgan fingerprint density at radius 2 is 1.83 bits per heavy atom. The van der Waals surface area contributed by atoms with Gasteiger partial charge in [-0.1, -0.05) is 12.1 Å². The molecule has 1 aromatic rings. The topological polar surface area (TPSA) is 38.0 Å². The molecule has 0 heterocycles. The van der Waals surface area contributed by atoms with Crippen LogP contribution in [0.1, 0.15) is 22.3 Å². The highest BCUT2D eigenvalue weighted by Gasteiger charge is 2.01. The fraction of sp³-hybridized carbons (Fsp3) is 0.400. The molecule has 0 atom stereocenters. The molecule has 1 rings (SSSR count). The first-order chi connectivity index (χ1) is 5.66. The average Bonchev–Trinajstić information content (AvgIpc) is 2.07. The molecule has 0 aliphatic heterocycles. The molecule has 0 saturated carbocycles. The summed E-state index contributed by atoms with van der Waals surface area (Å²) >= 11 is 0. The summed E-state index contributed by atoms with van der Waals surface area (Å²) in [6.45, 7) is 7.15. The van der Waals surface area contributed by atoms with Gasteiger partial charge in [0.05, 0.1) is 0 Å². The predicted octanol–water partition coefficient (Wildman–Crippen LogP) is 1.58. The monoisotopic (exact) mass is 164 g/mol. The van der Waals surface area contributed by atoms with Crippen LogP contribution in [0.4, 0.5) is 0 Å². The Morgan fingerprint density at radius 1 is 1.17 bits per heavy atom. The van der Waals surface area contributed by atoms with Crippen LogP contribution in [-0.2, 0) is 6.54 Å². The van der Waals surface area contributed by atoms with Crippen LogP contribution < -0.4 is 11.3 Å². The molecular formula is C10H16N2. The van der Waals surface area contributed by atoms with E-state index in [1.807, 2.05) is 0 Å². The summed E-state index contributed by atoms with van der Waals surface area (Å²) in [4.78, 5) is 0. The Hall–Kier alpha value is -0.860. The Balaban J connectivity index is 3.08. The van der Waals surface area contributed by atoms with Gasteiger partial charge in [0.15, 0.2) is 0 Å². The summed E-state index contributed by atoms with van der Waals surface area (Å²) in [7, 11) is 0. The molecule has 2 nitrogen and oxygen atoms in total. The second-order valence-corrected chi connectivity index (χ2v) is 3.17. The van der Waals surface area contributed by atoms with Gasteiger partial charge in [0, 0.05) is 6.54 Å². The molecule has 0 spiro atoms. The van der Waals surface area contributed by atoms with Crippen molar-refractivity contribution in [2.24, 2.45) is 5.84 Å². The minimum atomic E-state index is 0.743. The lowest BCUT2D eigenvalue weighted by Gasteiger charge is -2.10. The van der Waals surface area contributed by atoms with E-state index in [9.17, 15) is 0 Å². The van der Waals surface area contributed by atoms with Crippen molar-refractivity contribution < 1.29 is 0 Å². The van der Waals surface area contributed by atoms with Gasteiger partial charge in [-0.3, -0.25) is 11.3 Å². The number of hydrogen-bond acceptors (Lipinski definition) is 2. The summed E-state index contributed by atoms with van der Waals surface area (Å²) in [5.41, 5.74) is 8.00. The normalized spacial score (nSPS) is 10.3. The smallest absolute Gasteiger partial charge is 0.0351 e. The van der Waals surface area contributed by atoms with Crippen LogP contribution >= 0.6 is 0 Å². The van der Waals surface area contributed by atoms with E-state index in [4.69, 9.17) is 5.84 Å². The molecular weight excluding hydrogens is 148 g/mol. The van der Waals surface area contributed by atoms with Gasteiger partial charge >= 0.3 is 0 Å². The molecule has 3 N–H and O–H groups in total. The molecule has 1 aromatic carbocycles. The third kappa shape index (κ3) is 1.65. The lowest BCUT2D eigenvalue weighted by Crippen LogP contribution is -2.21. The molecule has 0 aromatic heterocycles. The maximum Gasteiger partial charge on any atom is 0.0351 e. The summed E-state index contributed by atoms with van der Waals surface area (Å²) in [5.74, 6) is 5.27. The highest BCUT2D eigenvalue weighted by molar-refractivity contribution is 5.38. The maximum atomic E-state index is 5.27. The minimum absolute atomic E-state index is 0.743. The fourth-order valence-corrected chi connectivity index (χ4v) is 1.31. The van der Waals surface area contributed by atoms with Gasteiger partial charge in [0.25, 0.3) is 0 Å². The van der Waals surface area contributed by atoms with Crippen LogP contribution in [0, 0.1) is 20.8 Å². The molecule has 0 radical (unpaired) electrons. The van der Waals surface area contributed by atoms with E-state index in [-0.39, 0.29) is 0 Å². The first kappa shape index (κ1) is 9.23. The molecule has 0 aliphatic carbocycles. The lowest BCUT2D eigenvalue weighted by molar-refractivity contribution is 0.736. The van der Waals surface area contributed by atoms with Gasteiger partial charge < -0.3 is 0 Å². The Kier molecular flexibility index (Phi) is 2.84. The zero-order valence-electron chi connectivity index (χ0n) is 7.94. The second-order valence-electron chi connectivity index (χ2n) is 3.17. The van der Waals surface area contributed by atoms with E-state index >= 15 is 0 Å². The summed E-state index contributed by atoms with van der Waals surface area (Å²) < 4.78 is 0. The summed E-state index contributed by atoms with van der Waals surface area (Å²) in [5, 5.41) is 0. The Bertz CT molecular complexity index is 279.